The first-order valence-electron chi connectivity index (χ1n) is 12.1. The molecule has 5 aromatic rings. The number of ketones is 1. The van der Waals surface area contributed by atoms with Gasteiger partial charge in [-0.2, -0.15) is 0 Å². The molecular formula is C29H23N3O2S3. The van der Waals surface area contributed by atoms with E-state index in [1.807, 2.05) is 48.5 Å². The summed E-state index contributed by atoms with van der Waals surface area (Å²) in [6.07, 6.45) is 5.57. The van der Waals surface area contributed by atoms with E-state index in [1.54, 1.807) is 29.0 Å². The Morgan fingerprint density at radius 3 is 2.51 bits per heavy atom. The van der Waals surface area contributed by atoms with Crippen molar-refractivity contribution in [3.63, 3.8) is 0 Å². The summed E-state index contributed by atoms with van der Waals surface area (Å²) in [4.78, 5) is 37.7. The van der Waals surface area contributed by atoms with E-state index < -0.39 is 0 Å². The number of anilines is 1. The molecular weight excluding hydrogens is 519 g/mol. The molecule has 1 aliphatic carbocycles. The Hall–Kier alpha value is -3.33. The molecule has 1 N–H and O–H groups in total. The second-order valence-electron chi connectivity index (χ2n) is 8.82. The van der Waals surface area contributed by atoms with Gasteiger partial charge in [0.05, 0.1) is 16.7 Å². The van der Waals surface area contributed by atoms with Crippen LogP contribution in [0.1, 0.15) is 39.2 Å². The molecule has 1 aliphatic rings. The van der Waals surface area contributed by atoms with Gasteiger partial charge in [-0.25, -0.2) is 9.97 Å². The second kappa shape index (κ2) is 10.6. The number of aryl methyl sites for hydroxylation is 1. The average Bonchev–Trinajstić information content (AvgIpc) is 3.54. The summed E-state index contributed by atoms with van der Waals surface area (Å²) in [5, 5.41) is 7.59. The van der Waals surface area contributed by atoms with Gasteiger partial charge in [-0.15, -0.1) is 22.7 Å². The summed E-state index contributed by atoms with van der Waals surface area (Å²) in [5.74, 6) is 0.0257. The highest BCUT2D eigenvalue weighted by atomic mass is 32.2. The number of fused-ring (bicyclic) bond motifs is 2. The first-order valence-corrected chi connectivity index (χ1v) is 14.8. The van der Waals surface area contributed by atoms with E-state index >= 15 is 0 Å². The zero-order valence-electron chi connectivity index (χ0n) is 19.9. The normalized spacial score (nSPS) is 12.9. The first-order chi connectivity index (χ1) is 18.2. The Labute approximate surface area is 227 Å². The van der Waals surface area contributed by atoms with Gasteiger partial charge in [-0.3, -0.25) is 9.59 Å². The minimum Gasteiger partial charge on any atom is -0.316 e. The molecule has 0 spiro atoms. The van der Waals surface area contributed by atoms with Crippen LogP contribution in [-0.2, 0) is 17.6 Å². The molecule has 1 amide bonds. The number of hydrogen-bond donors (Lipinski definition) is 1. The van der Waals surface area contributed by atoms with Gasteiger partial charge in [0, 0.05) is 21.4 Å². The zero-order chi connectivity index (χ0) is 25.2. The Balaban J connectivity index is 1.25. The molecule has 6 rings (SSSR count). The van der Waals surface area contributed by atoms with Crippen molar-refractivity contribution in [3.8, 4) is 11.1 Å². The maximum Gasteiger partial charge on any atom is 0.235 e. The quantitative estimate of drug-likeness (QED) is 0.133. The van der Waals surface area contributed by atoms with E-state index in [2.05, 4.69) is 32.8 Å². The van der Waals surface area contributed by atoms with Gasteiger partial charge in [0.1, 0.15) is 21.2 Å². The van der Waals surface area contributed by atoms with E-state index in [1.165, 1.54) is 16.6 Å². The summed E-state index contributed by atoms with van der Waals surface area (Å²) < 4.78 is 0. The Morgan fingerprint density at radius 2 is 1.70 bits per heavy atom. The lowest BCUT2D eigenvalue weighted by molar-refractivity contribution is -0.113. The third kappa shape index (κ3) is 4.84. The molecule has 0 atom stereocenters. The number of thiophene rings is 2. The highest BCUT2D eigenvalue weighted by Crippen LogP contribution is 2.40. The lowest BCUT2D eigenvalue weighted by Crippen LogP contribution is -2.16. The lowest BCUT2D eigenvalue weighted by Gasteiger charge is -2.12. The van der Waals surface area contributed by atoms with Crippen LogP contribution in [0.25, 0.3) is 21.3 Å². The number of thioether (sulfide) groups is 1. The molecule has 0 aliphatic heterocycles. The van der Waals surface area contributed by atoms with Crippen LogP contribution in [0.3, 0.4) is 0 Å². The molecule has 2 aromatic carbocycles. The molecule has 0 bridgehead atoms. The predicted octanol–water partition coefficient (Wildman–Crippen LogP) is 7.26. The fourth-order valence-corrected chi connectivity index (χ4v) is 7.81. The van der Waals surface area contributed by atoms with Crippen molar-refractivity contribution >= 4 is 61.3 Å². The fraction of sp³-hybridized carbons (Fsp3) is 0.172. The molecule has 3 heterocycles. The third-order valence-corrected chi connectivity index (χ3v) is 9.53. The number of nitrogens with zero attached hydrogens (tertiary/aromatic N) is 2. The Kier molecular flexibility index (Phi) is 6.87. The van der Waals surface area contributed by atoms with Gasteiger partial charge in [-0.1, -0.05) is 72.4 Å². The number of hydrogen-bond acceptors (Lipinski definition) is 7. The summed E-state index contributed by atoms with van der Waals surface area (Å²) in [6.45, 7) is 0. The van der Waals surface area contributed by atoms with Gasteiger partial charge in [0.2, 0.25) is 5.91 Å². The van der Waals surface area contributed by atoms with Crippen molar-refractivity contribution in [2.24, 2.45) is 0 Å². The van der Waals surface area contributed by atoms with E-state index in [-0.39, 0.29) is 17.4 Å². The summed E-state index contributed by atoms with van der Waals surface area (Å²) in [6, 6.07) is 19.5. The number of carbonyl (C=O) groups is 2. The highest BCUT2D eigenvalue weighted by Gasteiger charge is 2.27. The van der Waals surface area contributed by atoms with Crippen molar-refractivity contribution in [1.82, 2.24) is 9.97 Å². The molecule has 0 fully saturated rings. The maximum absolute atomic E-state index is 13.5. The zero-order valence-corrected chi connectivity index (χ0v) is 22.3. The molecule has 5 nitrogen and oxygen atoms in total. The van der Waals surface area contributed by atoms with Crippen LogP contribution in [-0.4, -0.2) is 27.4 Å². The van der Waals surface area contributed by atoms with Gasteiger partial charge in [0.25, 0.3) is 0 Å². The monoisotopic (exact) mass is 541 g/mol. The van der Waals surface area contributed by atoms with Crippen molar-refractivity contribution < 1.29 is 9.59 Å². The van der Waals surface area contributed by atoms with Crippen LogP contribution >= 0.6 is 34.4 Å². The number of aromatic nitrogens is 2. The van der Waals surface area contributed by atoms with E-state index in [4.69, 9.17) is 0 Å². The predicted molar refractivity (Wildman–Crippen MR) is 153 cm³/mol. The van der Waals surface area contributed by atoms with Crippen LogP contribution in [0.4, 0.5) is 5.00 Å². The number of carbonyl (C=O) groups excluding carboxylic acids is 2. The molecule has 8 heteroatoms. The number of nitrogens with one attached hydrogen (secondary N) is 1. The van der Waals surface area contributed by atoms with Crippen LogP contribution in [0.2, 0.25) is 0 Å². The summed E-state index contributed by atoms with van der Waals surface area (Å²) in [7, 11) is 0. The van der Waals surface area contributed by atoms with E-state index in [0.29, 0.717) is 16.1 Å². The van der Waals surface area contributed by atoms with Gasteiger partial charge in [0.15, 0.2) is 5.78 Å². The van der Waals surface area contributed by atoms with Crippen LogP contribution in [0.5, 0.6) is 0 Å². The van der Waals surface area contributed by atoms with Crippen molar-refractivity contribution in [1.29, 1.82) is 0 Å². The largest absolute Gasteiger partial charge is 0.316 e. The van der Waals surface area contributed by atoms with Crippen molar-refractivity contribution in [2.75, 3.05) is 11.1 Å². The minimum absolute atomic E-state index is 0.0220. The lowest BCUT2D eigenvalue weighted by atomic mass is 9.92. The molecule has 0 saturated heterocycles. The Bertz CT molecular complexity index is 1590. The Morgan fingerprint density at radius 1 is 0.946 bits per heavy atom. The van der Waals surface area contributed by atoms with Crippen LogP contribution in [0, 0.1) is 0 Å². The van der Waals surface area contributed by atoms with E-state index in [0.717, 1.165) is 57.6 Å². The fourth-order valence-electron chi connectivity index (χ4n) is 4.71. The molecule has 37 heavy (non-hydrogen) atoms. The van der Waals surface area contributed by atoms with Gasteiger partial charge >= 0.3 is 0 Å². The smallest absolute Gasteiger partial charge is 0.235 e. The van der Waals surface area contributed by atoms with Gasteiger partial charge in [-0.05, 0) is 36.8 Å². The SMILES string of the molecule is O=C(CSc1ncnc2scc(-c3ccccc3)c12)Nc1sc2c(c1C(=O)c1ccccc1)CCCC2. The number of benzene rings is 2. The second-order valence-corrected chi connectivity index (χ2v) is 11.7. The topological polar surface area (TPSA) is 72.0 Å². The molecule has 0 radical (unpaired) electrons. The molecule has 184 valence electrons. The number of rotatable bonds is 7. The standard InChI is InChI=1S/C29H23N3O2S3/c33-23(16-36-28-25-21(18-9-3-1-4-10-18)15-35-27(25)30-17-31-28)32-29-24(20-13-7-8-14-22(20)37-29)26(34)19-11-5-2-6-12-19/h1-6,9-12,15,17H,7-8,13-14,16H2,(H,32,33). The average molecular weight is 542 g/mol. The maximum atomic E-state index is 13.5. The van der Waals surface area contributed by atoms with Gasteiger partial charge < -0.3 is 5.32 Å². The summed E-state index contributed by atoms with van der Waals surface area (Å²) in [5.41, 5.74) is 4.59. The third-order valence-electron chi connectivity index (χ3n) is 6.45. The highest BCUT2D eigenvalue weighted by molar-refractivity contribution is 8.00. The number of amides is 1. The van der Waals surface area contributed by atoms with Crippen LogP contribution < -0.4 is 5.32 Å². The summed E-state index contributed by atoms with van der Waals surface area (Å²) >= 11 is 4.53. The van der Waals surface area contributed by atoms with Crippen molar-refractivity contribution in [3.05, 3.63) is 93.9 Å². The minimum atomic E-state index is -0.144. The molecule has 3 aromatic heterocycles. The van der Waals surface area contributed by atoms with Crippen molar-refractivity contribution in [2.45, 2.75) is 30.7 Å². The van der Waals surface area contributed by atoms with E-state index in [9.17, 15) is 9.59 Å². The molecule has 0 saturated carbocycles. The molecule has 0 unspecified atom stereocenters. The first kappa shape index (κ1) is 24.0. The van der Waals surface area contributed by atoms with Crippen LogP contribution in [0.15, 0.2) is 77.4 Å².